The Balaban J connectivity index is 1.13. The van der Waals surface area contributed by atoms with Crippen molar-refractivity contribution < 1.29 is 13.3 Å². The van der Waals surface area contributed by atoms with E-state index in [-0.39, 0.29) is 0 Å². The highest BCUT2D eigenvalue weighted by Gasteiger charge is 2.21. The van der Waals surface area contributed by atoms with E-state index in [2.05, 4.69) is 48.5 Å². The molecule has 11 aromatic rings. The Hall–Kier alpha value is -7.05. The molecule has 4 heterocycles. The van der Waals surface area contributed by atoms with Gasteiger partial charge in [-0.05, 0) is 42.0 Å². The Labute approximate surface area is 290 Å². The zero-order valence-electron chi connectivity index (χ0n) is 27.0. The van der Waals surface area contributed by atoms with Crippen LogP contribution in [0.5, 0.6) is 0 Å². The molecular weight excluding hydrogens is 631 g/mol. The van der Waals surface area contributed by atoms with E-state index in [0.29, 0.717) is 23.1 Å². The van der Waals surface area contributed by atoms with Crippen LogP contribution < -0.4 is 0 Å². The maximum atomic E-state index is 6.71. The molecule has 0 aliphatic rings. The average molecular weight is 656 g/mol. The first-order valence-electron chi connectivity index (χ1n) is 16.9. The van der Waals surface area contributed by atoms with Crippen molar-refractivity contribution in [1.29, 1.82) is 0 Å². The van der Waals surface area contributed by atoms with Crippen molar-refractivity contribution >= 4 is 65.8 Å². The first-order valence-corrected chi connectivity index (χ1v) is 16.9. The molecule has 238 valence electrons. The summed E-state index contributed by atoms with van der Waals surface area (Å²) >= 11 is 0. The highest BCUT2D eigenvalue weighted by molar-refractivity contribution is 6.18. The molecule has 0 unspecified atom stereocenters. The molecule has 0 saturated carbocycles. The van der Waals surface area contributed by atoms with Gasteiger partial charge >= 0.3 is 0 Å². The monoisotopic (exact) mass is 655 g/mol. The second-order valence-corrected chi connectivity index (χ2v) is 12.7. The Morgan fingerprint density at radius 3 is 1.71 bits per heavy atom. The van der Waals surface area contributed by atoms with Gasteiger partial charge in [-0.25, -0.2) is 15.0 Å². The Bertz CT molecular complexity index is 3150. The molecule has 0 saturated heterocycles. The lowest BCUT2D eigenvalue weighted by atomic mass is 9.97. The summed E-state index contributed by atoms with van der Waals surface area (Å²) in [7, 11) is 0. The maximum Gasteiger partial charge on any atom is 0.167 e. The van der Waals surface area contributed by atoms with Crippen LogP contribution in [0.25, 0.3) is 111 Å². The number of hydrogen-bond acceptors (Lipinski definition) is 6. The molecule has 0 spiro atoms. The Kier molecular flexibility index (Phi) is 5.86. The van der Waals surface area contributed by atoms with Crippen LogP contribution >= 0.6 is 0 Å². The molecule has 0 aliphatic carbocycles. The molecule has 0 aliphatic heterocycles. The predicted molar refractivity (Wildman–Crippen MR) is 203 cm³/mol. The fraction of sp³-hybridized carbons (Fsp3) is 0. The van der Waals surface area contributed by atoms with Crippen LogP contribution in [0.1, 0.15) is 0 Å². The lowest BCUT2D eigenvalue weighted by Crippen LogP contribution is -2.00. The van der Waals surface area contributed by atoms with Crippen molar-refractivity contribution in [3.05, 3.63) is 152 Å². The quantitative estimate of drug-likeness (QED) is 0.188. The van der Waals surface area contributed by atoms with E-state index >= 15 is 0 Å². The number of furan rings is 3. The van der Waals surface area contributed by atoms with Crippen molar-refractivity contribution in [2.24, 2.45) is 0 Å². The Morgan fingerprint density at radius 2 is 0.863 bits per heavy atom. The number of hydrogen-bond donors (Lipinski definition) is 0. The molecule has 7 aromatic carbocycles. The standard InChI is InChI=1S/C45H25N3O3/c1-2-11-26(12-3-1)43-46-44(27-23-24-30-28-13-4-6-20-36(28)49-39(30)25-27)48-45(47-43)35-19-9-18-34-40-31(15-10-22-38(40)51-42(34)35)33-17-8-16-32-29-14-5-7-21-37(29)50-41(32)33/h1-25H. The summed E-state index contributed by atoms with van der Waals surface area (Å²) in [5, 5.41) is 6.29. The second kappa shape index (κ2) is 10.7. The second-order valence-electron chi connectivity index (χ2n) is 12.7. The lowest BCUT2D eigenvalue weighted by Gasteiger charge is -2.09. The highest BCUT2D eigenvalue weighted by Crippen LogP contribution is 2.43. The molecule has 11 rings (SSSR count). The van der Waals surface area contributed by atoms with E-state index in [9.17, 15) is 0 Å². The van der Waals surface area contributed by atoms with Crippen LogP contribution in [0, 0.1) is 0 Å². The topological polar surface area (TPSA) is 78.1 Å². The van der Waals surface area contributed by atoms with E-state index in [1.165, 1.54) is 0 Å². The molecule has 0 atom stereocenters. The van der Waals surface area contributed by atoms with E-state index in [4.69, 9.17) is 28.2 Å². The molecular formula is C45H25N3O3. The number of rotatable bonds is 4. The number of fused-ring (bicyclic) bond motifs is 9. The van der Waals surface area contributed by atoms with Gasteiger partial charge in [0.1, 0.15) is 33.5 Å². The third-order valence-corrected chi connectivity index (χ3v) is 9.76. The fourth-order valence-electron chi connectivity index (χ4n) is 7.41. The van der Waals surface area contributed by atoms with Gasteiger partial charge in [-0.15, -0.1) is 0 Å². The summed E-state index contributed by atoms with van der Waals surface area (Å²) in [6.45, 7) is 0. The molecule has 0 radical (unpaired) electrons. The van der Waals surface area contributed by atoms with Gasteiger partial charge in [-0.2, -0.15) is 0 Å². The van der Waals surface area contributed by atoms with E-state index in [0.717, 1.165) is 88.0 Å². The minimum absolute atomic E-state index is 0.522. The number of aromatic nitrogens is 3. The Morgan fingerprint density at radius 1 is 0.314 bits per heavy atom. The molecule has 51 heavy (non-hydrogen) atoms. The van der Waals surface area contributed by atoms with Gasteiger partial charge in [0, 0.05) is 49.0 Å². The van der Waals surface area contributed by atoms with Crippen molar-refractivity contribution in [2.45, 2.75) is 0 Å². The van der Waals surface area contributed by atoms with Gasteiger partial charge in [0.15, 0.2) is 17.5 Å². The van der Waals surface area contributed by atoms with Crippen LogP contribution in [-0.4, -0.2) is 15.0 Å². The summed E-state index contributed by atoms with van der Waals surface area (Å²) in [5.74, 6) is 1.64. The van der Waals surface area contributed by atoms with E-state index in [1.54, 1.807) is 0 Å². The molecule has 0 fully saturated rings. The van der Waals surface area contributed by atoms with Crippen LogP contribution in [-0.2, 0) is 0 Å². The molecule has 0 bridgehead atoms. The van der Waals surface area contributed by atoms with E-state index < -0.39 is 0 Å². The van der Waals surface area contributed by atoms with Crippen LogP contribution in [0.2, 0.25) is 0 Å². The van der Waals surface area contributed by atoms with Crippen molar-refractivity contribution in [1.82, 2.24) is 15.0 Å². The molecule has 4 aromatic heterocycles. The van der Waals surface area contributed by atoms with Gasteiger partial charge < -0.3 is 13.3 Å². The van der Waals surface area contributed by atoms with Gasteiger partial charge in [0.05, 0.1) is 5.56 Å². The summed E-state index contributed by atoms with van der Waals surface area (Å²) < 4.78 is 19.4. The fourth-order valence-corrected chi connectivity index (χ4v) is 7.41. The van der Waals surface area contributed by atoms with Crippen LogP contribution in [0.4, 0.5) is 0 Å². The first kappa shape index (κ1) is 27.9. The molecule has 6 nitrogen and oxygen atoms in total. The van der Waals surface area contributed by atoms with Crippen LogP contribution in [0.15, 0.2) is 165 Å². The summed E-state index contributed by atoms with van der Waals surface area (Å²) in [6.07, 6.45) is 0. The lowest BCUT2D eigenvalue weighted by molar-refractivity contribution is 0.668. The molecule has 0 amide bonds. The first-order chi connectivity index (χ1) is 25.3. The summed E-state index contributed by atoms with van der Waals surface area (Å²) in [6, 6.07) is 51.0. The minimum atomic E-state index is 0.522. The smallest absolute Gasteiger partial charge is 0.167 e. The van der Waals surface area contributed by atoms with Gasteiger partial charge in [-0.3, -0.25) is 0 Å². The summed E-state index contributed by atoms with van der Waals surface area (Å²) in [4.78, 5) is 15.1. The number of para-hydroxylation sites is 4. The molecule has 0 N–H and O–H groups in total. The summed E-state index contributed by atoms with van der Waals surface area (Å²) in [5.41, 5.74) is 9.38. The van der Waals surface area contributed by atoms with Crippen LogP contribution in [0.3, 0.4) is 0 Å². The average Bonchev–Trinajstić information content (AvgIpc) is 3.89. The zero-order valence-corrected chi connectivity index (χ0v) is 27.0. The van der Waals surface area contributed by atoms with E-state index in [1.807, 2.05) is 103 Å². The highest BCUT2D eigenvalue weighted by atomic mass is 16.3. The third-order valence-electron chi connectivity index (χ3n) is 9.76. The van der Waals surface area contributed by atoms with Crippen molar-refractivity contribution in [3.8, 4) is 45.3 Å². The van der Waals surface area contributed by atoms with Gasteiger partial charge in [0.2, 0.25) is 0 Å². The normalized spacial score (nSPS) is 11.9. The van der Waals surface area contributed by atoms with Crippen molar-refractivity contribution in [3.63, 3.8) is 0 Å². The zero-order chi connectivity index (χ0) is 33.5. The largest absolute Gasteiger partial charge is 0.456 e. The number of nitrogens with zero attached hydrogens (tertiary/aromatic N) is 3. The minimum Gasteiger partial charge on any atom is -0.456 e. The van der Waals surface area contributed by atoms with Crippen molar-refractivity contribution in [2.75, 3.05) is 0 Å². The molecule has 6 heteroatoms. The number of benzene rings is 7. The predicted octanol–water partition coefficient (Wildman–Crippen LogP) is 12.2. The maximum absolute atomic E-state index is 6.71. The van der Waals surface area contributed by atoms with Gasteiger partial charge in [-0.1, -0.05) is 115 Å². The SMILES string of the molecule is c1ccc(-c2nc(-c3ccc4c(c3)oc3ccccc34)nc(-c3cccc4c3oc3cccc(-c5cccc6c5oc5ccccc56)c34)n2)cc1. The third kappa shape index (κ3) is 4.26. The van der Waals surface area contributed by atoms with Gasteiger partial charge in [0.25, 0.3) is 0 Å².